The summed E-state index contributed by atoms with van der Waals surface area (Å²) >= 11 is 0. The van der Waals surface area contributed by atoms with Gasteiger partial charge in [0.25, 0.3) is 0 Å². The molecule has 0 aromatic carbocycles. The predicted molar refractivity (Wildman–Crippen MR) is 83.6 cm³/mol. The number of H-pyrrole nitrogens is 1. The van der Waals surface area contributed by atoms with Gasteiger partial charge in [0.1, 0.15) is 0 Å². The van der Waals surface area contributed by atoms with Crippen molar-refractivity contribution in [1.29, 1.82) is 0 Å². The Kier molecular flexibility index (Phi) is 5.09. The summed E-state index contributed by atoms with van der Waals surface area (Å²) in [4.78, 5) is 14.4. The molecule has 116 valence electrons. The minimum absolute atomic E-state index is 0.00929. The van der Waals surface area contributed by atoms with Gasteiger partial charge in [0.2, 0.25) is 5.56 Å². The van der Waals surface area contributed by atoms with Crippen LogP contribution in [0.3, 0.4) is 0 Å². The van der Waals surface area contributed by atoms with E-state index in [0.717, 1.165) is 38.1 Å². The van der Waals surface area contributed by atoms with Crippen LogP contribution in [0.4, 0.5) is 0 Å². The van der Waals surface area contributed by atoms with Crippen molar-refractivity contribution in [3.8, 4) is 0 Å². The summed E-state index contributed by atoms with van der Waals surface area (Å²) in [7, 11) is 0. The number of rotatable bonds is 5. The second-order valence-electron chi connectivity index (χ2n) is 6.29. The third kappa shape index (κ3) is 3.95. The zero-order valence-corrected chi connectivity index (χ0v) is 12.7. The van der Waals surface area contributed by atoms with Crippen LogP contribution >= 0.6 is 0 Å². The Morgan fingerprint density at radius 3 is 2.86 bits per heavy atom. The Labute approximate surface area is 126 Å². The number of fused-ring (bicyclic) bond motifs is 1. The third-order valence-electron chi connectivity index (χ3n) is 4.73. The van der Waals surface area contributed by atoms with E-state index in [4.69, 9.17) is 4.74 Å². The smallest absolute Gasteiger partial charge is 0.248 e. The molecule has 2 aliphatic rings. The zero-order chi connectivity index (χ0) is 14.5. The zero-order valence-electron chi connectivity index (χ0n) is 12.7. The van der Waals surface area contributed by atoms with E-state index in [1.807, 2.05) is 6.07 Å². The van der Waals surface area contributed by atoms with Gasteiger partial charge in [-0.25, -0.2) is 0 Å². The molecule has 1 atom stereocenters. The first kappa shape index (κ1) is 14.8. The Balaban J connectivity index is 1.47. The number of ether oxygens (including phenoxy) is 1. The molecule has 1 saturated carbocycles. The normalized spacial score (nSPS) is 23.0. The lowest BCUT2D eigenvalue weighted by Crippen LogP contribution is -2.31. The maximum atomic E-state index is 11.4. The van der Waals surface area contributed by atoms with Crippen LogP contribution < -0.4 is 10.9 Å². The monoisotopic (exact) mass is 290 g/mol. The highest BCUT2D eigenvalue weighted by Gasteiger charge is 2.20. The highest BCUT2D eigenvalue weighted by Crippen LogP contribution is 2.27. The molecule has 0 bridgehead atoms. The summed E-state index contributed by atoms with van der Waals surface area (Å²) in [6.07, 6.45) is 10.2. The van der Waals surface area contributed by atoms with Crippen molar-refractivity contribution in [3.05, 3.63) is 33.7 Å². The quantitative estimate of drug-likeness (QED) is 0.820. The standard InChI is InChI=1S/C17H26N2O2/c20-17-10-9-14-15(7-4-8-16(14)19-17)18-11-12-21-13-5-2-1-3-6-13/h9-10,13,15,18H,1-8,11-12H2,(H,19,20). The molecular weight excluding hydrogens is 264 g/mol. The summed E-state index contributed by atoms with van der Waals surface area (Å²) < 4.78 is 5.96. The van der Waals surface area contributed by atoms with Gasteiger partial charge in [0.05, 0.1) is 12.7 Å². The van der Waals surface area contributed by atoms with Gasteiger partial charge in [0.15, 0.2) is 0 Å². The van der Waals surface area contributed by atoms with Gasteiger partial charge < -0.3 is 15.0 Å². The lowest BCUT2D eigenvalue weighted by molar-refractivity contribution is 0.0291. The van der Waals surface area contributed by atoms with Crippen molar-refractivity contribution in [3.63, 3.8) is 0 Å². The van der Waals surface area contributed by atoms with Gasteiger partial charge >= 0.3 is 0 Å². The summed E-state index contributed by atoms with van der Waals surface area (Å²) in [5.41, 5.74) is 2.38. The van der Waals surface area contributed by atoms with Gasteiger partial charge in [-0.3, -0.25) is 4.79 Å². The van der Waals surface area contributed by atoms with E-state index < -0.39 is 0 Å². The fraction of sp³-hybridized carbons (Fsp3) is 0.706. The van der Waals surface area contributed by atoms with Crippen LogP contribution in [0, 0.1) is 0 Å². The number of aryl methyl sites for hydroxylation is 1. The predicted octanol–water partition coefficient (Wildman–Crippen LogP) is 2.69. The lowest BCUT2D eigenvalue weighted by atomic mass is 9.91. The van der Waals surface area contributed by atoms with Crippen LogP contribution in [-0.2, 0) is 11.2 Å². The van der Waals surface area contributed by atoms with Crippen LogP contribution in [0.15, 0.2) is 16.9 Å². The number of aromatic amines is 1. The lowest BCUT2D eigenvalue weighted by Gasteiger charge is -2.27. The van der Waals surface area contributed by atoms with Gasteiger partial charge in [-0.2, -0.15) is 0 Å². The van der Waals surface area contributed by atoms with Crippen LogP contribution in [-0.4, -0.2) is 24.2 Å². The molecular formula is C17H26N2O2. The SMILES string of the molecule is O=c1ccc2c([nH]1)CCCC2NCCOC1CCCCC1. The van der Waals surface area contributed by atoms with E-state index >= 15 is 0 Å². The molecule has 2 N–H and O–H groups in total. The summed E-state index contributed by atoms with van der Waals surface area (Å²) in [5.74, 6) is 0. The van der Waals surface area contributed by atoms with Crippen molar-refractivity contribution in [1.82, 2.24) is 10.3 Å². The third-order valence-corrected chi connectivity index (χ3v) is 4.73. The van der Waals surface area contributed by atoms with Gasteiger partial charge in [-0.1, -0.05) is 25.3 Å². The molecule has 0 saturated heterocycles. The maximum Gasteiger partial charge on any atom is 0.248 e. The number of aromatic nitrogens is 1. The van der Waals surface area contributed by atoms with E-state index in [-0.39, 0.29) is 5.56 Å². The first-order chi connectivity index (χ1) is 10.3. The first-order valence-electron chi connectivity index (χ1n) is 8.40. The van der Waals surface area contributed by atoms with Crippen molar-refractivity contribution >= 4 is 0 Å². The molecule has 1 aromatic rings. The van der Waals surface area contributed by atoms with Crippen molar-refractivity contribution in [2.24, 2.45) is 0 Å². The highest BCUT2D eigenvalue weighted by molar-refractivity contribution is 5.26. The highest BCUT2D eigenvalue weighted by atomic mass is 16.5. The van der Waals surface area contributed by atoms with Crippen molar-refractivity contribution in [2.75, 3.05) is 13.2 Å². The van der Waals surface area contributed by atoms with E-state index in [1.165, 1.54) is 37.7 Å². The van der Waals surface area contributed by atoms with Crippen LogP contribution in [0.2, 0.25) is 0 Å². The van der Waals surface area contributed by atoms with Crippen LogP contribution in [0.1, 0.15) is 62.2 Å². The average Bonchev–Trinajstić information content (AvgIpc) is 2.52. The number of hydrogen-bond acceptors (Lipinski definition) is 3. The molecule has 1 aromatic heterocycles. The molecule has 4 heteroatoms. The van der Waals surface area contributed by atoms with E-state index in [2.05, 4.69) is 10.3 Å². The van der Waals surface area contributed by atoms with Gasteiger partial charge in [-0.05, 0) is 37.7 Å². The first-order valence-corrected chi connectivity index (χ1v) is 8.40. The molecule has 2 aliphatic carbocycles. The minimum Gasteiger partial charge on any atom is -0.377 e. The molecule has 0 radical (unpaired) electrons. The fourth-order valence-electron chi connectivity index (χ4n) is 3.60. The van der Waals surface area contributed by atoms with Crippen LogP contribution in [0.25, 0.3) is 0 Å². The Morgan fingerprint density at radius 2 is 2.00 bits per heavy atom. The number of nitrogens with one attached hydrogen (secondary N) is 2. The molecule has 1 unspecified atom stereocenters. The number of hydrogen-bond donors (Lipinski definition) is 2. The molecule has 1 heterocycles. The Hall–Kier alpha value is -1.13. The molecule has 0 amide bonds. The number of pyridine rings is 1. The second-order valence-corrected chi connectivity index (χ2v) is 6.29. The summed E-state index contributed by atoms with van der Waals surface area (Å²) in [6, 6.07) is 3.98. The topological polar surface area (TPSA) is 54.1 Å². The van der Waals surface area contributed by atoms with Crippen molar-refractivity contribution < 1.29 is 4.74 Å². The Morgan fingerprint density at radius 1 is 1.14 bits per heavy atom. The fourth-order valence-corrected chi connectivity index (χ4v) is 3.60. The molecule has 3 rings (SSSR count). The average molecular weight is 290 g/mol. The van der Waals surface area contributed by atoms with Crippen molar-refractivity contribution in [2.45, 2.75) is 63.5 Å². The molecule has 0 aliphatic heterocycles. The maximum absolute atomic E-state index is 11.4. The molecule has 0 spiro atoms. The Bertz CT molecular complexity index is 506. The van der Waals surface area contributed by atoms with Gasteiger partial charge in [-0.15, -0.1) is 0 Å². The molecule has 1 fully saturated rings. The van der Waals surface area contributed by atoms with E-state index in [1.54, 1.807) is 6.07 Å². The molecule has 21 heavy (non-hydrogen) atoms. The minimum atomic E-state index is 0.00929. The molecule has 4 nitrogen and oxygen atoms in total. The largest absolute Gasteiger partial charge is 0.377 e. The summed E-state index contributed by atoms with van der Waals surface area (Å²) in [5, 5.41) is 3.59. The van der Waals surface area contributed by atoms with E-state index in [9.17, 15) is 4.79 Å². The van der Waals surface area contributed by atoms with Gasteiger partial charge in [0, 0.05) is 24.3 Å². The van der Waals surface area contributed by atoms with Crippen LogP contribution in [0.5, 0.6) is 0 Å². The summed E-state index contributed by atoms with van der Waals surface area (Å²) in [6.45, 7) is 1.68. The van der Waals surface area contributed by atoms with E-state index in [0.29, 0.717) is 12.1 Å². The second kappa shape index (κ2) is 7.23.